The molecule has 1 aliphatic heterocycles. The van der Waals surface area contributed by atoms with Crippen molar-refractivity contribution in [3.8, 4) is 5.75 Å². The Hall–Kier alpha value is -2.94. The minimum atomic E-state index is -0.927. The highest BCUT2D eigenvalue weighted by molar-refractivity contribution is 9.10. The summed E-state index contributed by atoms with van der Waals surface area (Å²) in [6, 6.07) is 23.5. The number of thiocarbonyl (C=S) groups is 1. The summed E-state index contributed by atoms with van der Waals surface area (Å²) in [5, 5.41) is 0. The highest BCUT2D eigenvalue weighted by Crippen LogP contribution is 2.39. The molecule has 1 unspecified atom stereocenters. The smallest absolute Gasteiger partial charge is 0.333 e. The lowest BCUT2D eigenvalue weighted by Gasteiger charge is -2.25. The third-order valence-corrected chi connectivity index (χ3v) is 7.00. The van der Waals surface area contributed by atoms with E-state index in [-0.39, 0.29) is 12.5 Å². The molecule has 1 atom stereocenters. The van der Waals surface area contributed by atoms with Crippen molar-refractivity contribution in [3.63, 3.8) is 0 Å². The van der Waals surface area contributed by atoms with E-state index in [4.69, 9.17) is 21.7 Å². The number of halogens is 1. The van der Waals surface area contributed by atoms with Crippen LogP contribution in [0.4, 0.5) is 0 Å². The van der Waals surface area contributed by atoms with Crippen LogP contribution in [0, 0.1) is 0 Å². The first kappa shape index (κ1) is 25.2. The summed E-state index contributed by atoms with van der Waals surface area (Å²) in [5.41, 5.74) is 2.53. The molecule has 0 N–H and O–H groups in total. The predicted octanol–water partition coefficient (Wildman–Crippen LogP) is 6.53. The molecule has 0 aliphatic carbocycles. The fourth-order valence-corrected chi connectivity index (χ4v) is 5.31. The summed E-state index contributed by atoms with van der Waals surface area (Å²) in [4.78, 5) is 27.9. The number of carbonyl (C=O) groups is 2. The van der Waals surface area contributed by atoms with Gasteiger partial charge < -0.3 is 9.47 Å². The number of nitrogens with zero attached hydrogens (tertiary/aromatic N) is 1. The molecule has 1 aliphatic rings. The van der Waals surface area contributed by atoms with Gasteiger partial charge in [0, 0.05) is 4.47 Å². The molecule has 35 heavy (non-hydrogen) atoms. The van der Waals surface area contributed by atoms with E-state index < -0.39 is 12.0 Å². The topological polar surface area (TPSA) is 55.8 Å². The van der Waals surface area contributed by atoms with Crippen molar-refractivity contribution in [2.45, 2.75) is 19.6 Å². The van der Waals surface area contributed by atoms with Gasteiger partial charge in [0.15, 0.2) is 6.04 Å². The van der Waals surface area contributed by atoms with Gasteiger partial charge in [-0.2, -0.15) is 0 Å². The molecule has 8 heteroatoms. The molecule has 0 spiro atoms. The van der Waals surface area contributed by atoms with Crippen LogP contribution in [0.3, 0.4) is 0 Å². The maximum atomic E-state index is 13.3. The first-order valence-electron chi connectivity index (χ1n) is 10.9. The molecule has 0 bridgehead atoms. The molecule has 3 aromatic carbocycles. The van der Waals surface area contributed by atoms with Crippen LogP contribution < -0.4 is 4.74 Å². The van der Waals surface area contributed by atoms with E-state index in [0.717, 1.165) is 21.3 Å². The minimum Gasteiger partial charge on any atom is -0.489 e. The Balaban J connectivity index is 1.50. The Bertz CT molecular complexity index is 1260. The molecular formula is C27H22BrNO4S2. The van der Waals surface area contributed by atoms with Crippen LogP contribution in [0.1, 0.15) is 29.7 Å². The van der Waals surface area contributed by atoms with E-state index in [9.17, 15) is 9.59 Å². The molecular weight excluding hydrogens is 546 g/mol. The van der Waals surface area contributed by atoms with Crippen molar-refractivity contribution in [1.29, 1.82) is 0 Å². The first-order valence-corrected chi connectivity index (χ1v) is 12.9. The fraction of sp³-hybridized carbons (Fsp3) is 0.148. The number of rotatable bonds is 8. The van der Waals surface area contributed by atoms with Gasteiger partial charge in [-0.05, 0) is 54.0 Å². The van der Waals surface area contributed by atoms with E-state index in [1.54, 1.807) is 25.1 Å². The second-order valence-corrected chi connectivity index (χ2v) is 10.2. The maximum Gasteiger partial charge on any atom is 0.333 e. The molecule has 0 radical (unpaired) electrons. The van der Waals surface area contributed by atoms with E-state index in [1.165, 1.54) is 16.7 Å². The number of carbonyl (C=O) groups excluding carboxylic acids is 2. The predicted molar refractivity (Wildman–Crippen MR) is 146 cm³/mol. The number of hydrogen-bond donors (Lipinski definition) is 0. The third kappa shape index (κ3) is 6.20. The van der Waals surface area contributed by atoms with Crippen LogP contribution in [0.25, 0.3) is 6.08 Å². The molecule has 3 aromatic rings. The lowest BCUT2D eigenvalue weighted by Crippen LogP contribution is -2.38. The standard InChI is InChI=1S/C27H22BrNO4S2/c1-2-32-26(31)24(20-8-4-3-5-9-20)29-25(30)23(35-27(29)34)16-18-11-13-22(14-12-18)33-17-19-7-6-10-21(28)15-19/h3-16,24H,2,17H2,1H3/b23-16+. The zero-order valence-corrected chi connectivity index (χ0v) is 22.1. The van der Waals surface area contributed by atoms with Crippen molar-refractivity contribution >= 4 is 62.2 Å². The van der Waals surface area contributed by atoms with Gasteiger partial charge in [0.05, 0.1) is 11.5 Å². The summed E-state index contributed by atoms with van der Waals surface area (Å²) < 4.78 is 12.4. The largest absolute Gasteiger partial charge is 0.489 e. The minimum absolute atomic E-state index is 0.211. The zero-order valence-electron chi connectivity index (χ0n) is 18.8. The molecule has 1 heterocycles. The van der Waals surface area contributed by atoms with Crippen LogP contribution in [0.2, 0.25) is 0 Å². The van der Waals surface area contributed by atoms with Crippen molar-refractivity contribution in [2.75, 3.05) is 6.61 Å². The van der Waals surface area contributed by atoms with Crippen LogP contribution in [0.15, 0.2) is 88.2 Å². The Kier molecular flexibility index (Phi) is 8.38. The molecule has 0 aromatic heterocycles. The van der Waals surface area contributed by atoms with Gasteiger partial charge in [-0.15, -0.1) is 0 Å². The number of esters is 1. The normalized spacial score (nSPS) is 15.4. The Morgan fingerprint density at radius 1 is 1.09 bits per heavy atom. The van der Waals surface area contributed by atoms with E-state index >= 15 is 0 Å². The number of benzene rings is 3. The lowest BCUT2D eigenvalue weighted by molar-refractivity contribution is -0.151. The SMILES string of the molecule is CCOC(=O)C(c1ccccc1)N1C(=O)/C(=C\c2ccc(OCc3cccc(Br)c3)cc2)SC1=S. The van der Waals surface area contributed by atoms with E-state index in [2.05, 4.69) is 15.9 Å². The molecule has 4 rings (SSSR count). The van der Waals surface area contributed by atoms with Crippen LogP contribution in [-0.2, 0) is 20.9 Å². The van der Waals surface area contributed by atoms with Gasteiger partial charge >= 0.3 is 5.97 Å². The third-order valence-electron chi connectivity index (χ3n) is 5.18. The number of hydrogen-bond acceptors (Lipinski definition) is 6. The lowest BCUT2D eigenvalue weighted by atomic mass is 10.1. The summed E-state index contributed by atoms with van der Waals surface area (Å²) in [7, 11) is 0. The highest BCUT2D eigenvalue weighted by Gasteiger charge is 2.42. The molecule has 1 fully saturated rings. The monoisotopic (exact) mass is 567 g/mol. The fourth-order valence-electron chi connectivity index (χ4n) is 3.55. The average Bonchev–Trinajstić information content (AvgIpc) is 3.12. The van der Waals surface area contributed by atoms with Crippen LogP contribution in [0.5, 0.6) is 5.75 Å². The maximum absolute atomic E-state index is 13.3. The quantitative estimate of drug-likeness (QED) is 0.175. The number of ether oxygens (including phenoxy) is 2. The zero-order chi connectivity index (χ0) is 24.8. The molecule has 5 nitrogen and oxygen atoms in total. The highest BCUT2D eigenvalue weighted by atomic mass is 79.9. The van der Waals surface area contributed by atoms with Crippen molar-refractivity contribution in [3.05, 3.63) is 105 Å². The number of amides is 1. The Morgan fingerprint density at radius 3 is 2.51 bits per heavy atom. The van der Waals surface area contributed by atoms with Crippen molar-refractivity contribution in [2.24, 2.45) is 0 Å². The van der Waals surface area contributed by atoms with Gasteiger partial charge in [-0.1, -0.05) is 94.5 Å². The molecule has 1 amide bonds. The van der Waals surface area contributed by atoms with Crippen molar-refractivity contribution < 1.29 is 19.1 Å². The Morgan fingerprint density at radius 2 is 1.83 bits per heavy atom. The van der Waals surface area contributed by atoms with Crippen LogP contribution >= 0.6 is 39.9 Å². The number of thioether (sulfide) groups is 1. The molecule has 1 saturated heterocycles. The summed E-state index contributed by atoms with van der Waals surface area (Å²) in [6.07, 6.45) is 1.77. The van der Waals surface area contributed by atoms with Gasteiger partial charge in [-0.3, -0.25) is 9.69 Å². The van der Waals surface area contributed by atoms with Crippen molar-refractivity contribution in [1.82, 2.24) is 4.90 Å². The summed E-state index contributed by atoms with van der Waals surface area (Å²) >= 11 is 10.1. The first-order chi connectivity index (χ1) is 17.0. The molecule has 0 saturated carbocycles. The van der Waals surface area contributed by atoms with Crippen LogP contribution in [-0.4, -0.2) is 27.7 Å². The van der Waals surface area contributed by atoms with E-state index in [1.807, 2.05) is 66.7 Å². The van der Waals surface area contributed by atoms with E-state index in [0.29, 0.717) is 21.4 Å². The Labute approximate surface area is 222 Å². The summed E-state index contributed by atoms with van der Waals surface area (Å²) in [6.45, 7) is 2.39. The summed E-state index contributed by atoms with van der Waals surface area (Å²) in [5.74, 6) is -0.110. The molecule has 178 valence electrons. The average molecular weight is 569 g/mol. The van der Waals surface area contributed by atoms with Gasteiger partial charge in [0.2, 0.25) is 0 Å². The van der Waals surface area contributed by atoms with Gasteiger partial charge in [0.25, 0.3) is 5.91 Å². The second-order valence-electron chi connectivity index (χ2n) is 7.60. The second kappa shape index (κ2) is 11.7. The van der Waals surface area contributed by atoms with Gasteiger partial charge in [-0.25, -0.2) is 4.79 Å². The van der Waals surface area contributed by atoms with Gasteiger partial charge in [0.1, 0.15) is 16.7 Å².